The predicted octanol–water partition coefficient (Wildman–Crippen LogP) is 2.41. The molecule has 0 amide bonds. The first-order valence-corrected chi connectivity index (χ1v) is 6.11. The zero-order chi connectivity index (χ0) is 11.7. The molecule has 2 aromatic rings. The summed E-state index contributed by atoms with van der Waals surface area (Å²) in [6, 6.07) is 0. The number of hydrogen-bond donors (Lipinski definition) is 1. The van der Waals surface area contributed by atoms with E-state index >= 15 is 0 Å². The molecule has 16 heavy (non-hydrogen) atoms. The quantitative estimate of drug-likeness (QED) is 0.890. The number of aryl methyl sites for hydroxylation is 3. The fraction of sp³-hybridized carbons (Fsp3) is 0.455. The van der Waals surface area contributed by atoms with Crippen LogP contribution in [0, 0.1) is 20.8 Å². The molecule has 0 aromatic carbocycles. The van der Waals surface area contributed by atoms with Gasteiger partial charge >= 0.3 is 0 Å². The number of aromatic nitrogens is 3. The number of hydrogen-bond acceptors (Lipinski definition) is 4. The number of thiazole rings is 1. The minimum atomic E-state index is 0.790. The second-order valence-electron chi connectivity index (χ2n) is 3.92. The molecule has 86 valence electrons. The molecule has 1 N–H and O–H groups in total. The van der Waals surface area contributed by atoms with E-state index in [-0.39, 0.29) is 0 Å². The molecule has 2 heterocycles. The summed E-state index contributed by atoms with van der Waals surface area (Å²) in [6.45, 7) is 6.92. The van der Waals surface area contributed by atoms with Crippen LogP contribution in [0.5, 0.6) is 0 Å². The average Bonchev–Trinajstić information content (AvgIpc) is 2.72. The van der Waals surface area contributed by atoms with E-state index in [0.29, 0.717) is 0 Å². The van der Waals surface area contributed by atoms with Gasteiger partial charge in [0.15, 0.2) is 5.13 Å². The molecule has 0 aliphatic carbocycles. The minimum absolute atomic E-state index is 0.790. The zero-order valence-corrected chi connectivity index (χ0v) is 10.9. The Bertz CT molecular complexity index is 498. The first kappa shape index (κ1) is 11.1. The third kappa shape index (κ3) is 2.09. The lowest BCUT2D eigenvalue weighted by molar-refractivity contribution is 0.730. The average molecular weight is 236 g/mol. The van der Waals surface area contributed by atoms with Crippen LogP contribution in [0.3, 0.4) is 0 Å². The molecule has 0 unspecified atom stereocenters. The fourth-order valence-electron chi connectivity index (χ4n) is 1.67. The molecule has 0 atom stereocenters. The van der Waals surface area contributed by atoms with Crippen molar-refractivity contribution in [1.82, 2.24) is 14.8 Å². The standard InChI is InChI=1S/C11H16N4S/c1-7-6-16-11(13-7)12-5-10-8(2)14-15(4)9(10)3/h6H,5H2,1-4H3,(H,12,13). The Morgan fingerprint density at radius 3 is 2.62 bits per heavy atom. The van der Waals surface area contributed by atoms with Gasteiger partial charge in [0.05, 0.1) is 11.4 Å². The van der Waals surface area contributed by atoms with Gasteiger partial charge in [0, 0.05) is 30.2 Å². The fourth-order valence-corrected chi connectivity index (χ4v) is 2.36. The molecular weight excluding hydrogens is 220 g/mol. The zero-order valence-electron chi connectivity index (χ0n) is 10.0. The summed E-state index contributed by atoms with van der Waals surface area (Å²) in [5.74, 6) is 0. The molecule has 0 fully saturated rings. The van der Waals surface area contributed by atoms with Gasteiger partial charge in [0.1, 0.15) is 0 Å². The molecule has 2 aromatic heterocycles. The van der Waals surface area contributed by atoms with E-state index in [2.05, 4.69) is 22.3 Å². The topological polar surface area (TPSA) is 42.7 Å². The molecule has 2 rings (SSSR count). The van der Waals surface area contributed by atoms with Gasteiger partial charge < -0.3 is 5.32 Å². The van der Waals surface area contributed by atoms with Gasteiger partial charge in [-0.2, -0.15) is 5.10 Å². The van der Waals surface area contributed by atoms with Crippen LogP contribution in [0.2, 0.25) is 0 Å². The van der Waals surface area contributed by atoms with E-state index in [1.54, 1.807) is 11.3 Å². The third-order valence-electron chi connectivity index (χ3n) is 2.69. The van der Waals surface area contributed by atoms with Gasteiger partial charge in [-0.25, -0.2) is 4.98 Å². The summed E-state index contributed by atoms with van der Waals surface area (Å²) >= 11 is 1.64. The highest BCUT2D eigenvalue weighted by molar-refractivity contribution is 7.13. The van der Waals surface area contributed by atoms with Gasteiger partial charge in [0.2, 0.25) is 0 Å². The highest BCUT2D eigenvalue weighted by Gasteiger charge is 2.09. The number of nitrogens with one attached hydrogen (secondary N) is 1. The van der Waals surface area contributed by atoms with E-state index in [1.807, 2.05) is 31.0 Å². The van der Waals surface area contributed by atoms with E-state index in [1.165, 1.54) is 11.3 Å². The number of rotatable bonds is 3. The maximum absolute atomic E-state index is 4.39. The van der Waals surface area contributed by atoms with Gasteiger partial charge in [-0.3, -0.25) is 4.68 Å². The van der Waals surface area contributed by atoms with Crippen molar-refractivity contribution in [2.24, 2.45) is 7.05 Å². The van der Waals surface area contributed by atoms with Crippen molar-refractivity contribution in [2.45, 2.75) is 27.3 Å². The Kier molecular flexibility index (Phi) is 2.96. The van der Waals surface area contributed by atoms with Crippen molar-refractivity contribution in [3.63, 3.8) is 0 Å². The maximum atomic E-state index is 4.39. The molecule has 0 saturated carbocycles. The Morgan fingerprint density at radius 2 is 2.12 bits per heavy atom. The van der Waals surface area contributed by atoms with Crippen LogP contribution in [0.4, 0.5) is 5.13 Å². The molecule has 0 aliphatic heterocycles. The van der Waals surface area contributed by atoms with Gasteiger partial charge in [-0.15, -0.1) is 11.3 Å². The highest BCUT2D eigenvalue weighted by Crippen LogP contribution is 2.18. The van der Waals surface area contributed by atoms with E-state index in [4.69, 9.17) is 0 Å². The summed E-state index contributed by atoms with van der Waals surface area (Å²) in [4.78, 5) is 4.37. The van der Waals surface area contributed by atoms with E-state index in [9.17, 15) is 0 Å². The van der Waals surface area contributed by atoms with E-state index < -0.39 is 0 Å². The minimum Gasteiger partial charge on any atom is -0.357 e. The van der Waals surface area contributed by atoms with Crippen LogP contribution in [-0.4, -0.2) is 14.8 Å². The van der Waals surface area contributed by atoms with Gasteiger partial charge in [-0.1, -0.05) is 0 Å². The summed E-state index contributed by atoms with van der Waals surface area (Å²) in [6.07, 6.45) is 0. The Morgan fingerprint density at radius 1 is 1.38 bits per heavy atom. The van der Waals surface area contributed by atoms with Gasteiger partial charge in [-0.05, 0) is 20.8 Å². The van der Waals surface area contributed by atoms with Crippen LogP contribution in [0.15, 0.2) is 5.38 Å². The lowest BCUT2D eigenvalue weighted by Gasteiger charge is -2.03. The summed E-state index contributed by atoms with van der Waals surface area (Å²) < 4.78 is 1.92. The lowest BCUT2D eigenvalue weighted by Crippen LogP contribution is -2.02. The van der Waals surface area contributed by atoms with Crippen molar-refractivity contribution in [3.8, 4) is 0 Å². The molecular formula is C11H16N4S. The molecule has 0 saturated heterocycles. The molecule has 4 nitrogen and oxygen atoms in total. The first-order valence-electron chi connectivity index (χ1n) is 5.23. The van der Waals surface area contributed by atoms with Crippen molar-refractivity contribution < 1.29 is 0 Å². The van der Waals surface area contributed by atoms with Crippen LogP contribution in [0.25, 0.3) is 0 Å². The summed E-state index contributed by atoms with van der Waals surface area (Å²) in [7, 11) is 1.97. The first-order chi connectivity index (χ1) is 7.58. The van der Waals surface area contributed by atoms with Crippen LogP contribution in [-0.2, 0) is 13.6 Å². The second-order valence-corrected chi connectivity index (χ2v) is 4.78. The molecule has 0 spiro atoms. The summed E-state index contributed by atoms with van der Waals surface area (Å²) in [5.41, 5.74) is 4.61. The van der Waals surface area contributed by atoms with Crippen molar-refractivity contribution >= 4 is 16.5 Å². The Balaban J connectivity index is 2.10. The SMILES string of the molecule is Cc1csc(NCc2c(C)nn(C)c2C)n1. The van der Waals surface area contributed by atoms with E-state index in [0.717, 1.165) is 23.1 Å². The third-order valence-corrected chi connectivity index (χ3v) is 3.61. The second kappa shape index (κ2) is 4.25. The van der Waals surface area contributed by atoms with Crippen molar-refractivity contribution in [2.75, 3.05) is 5.32 Å². The Labute approximate surface area is 99.3 Å². The van der Waals surface area contributed by atoms with Crippen molar-refractivity contribution in [1.29, 1.82) is 0 Å². The van der Waals surface area contributed by atoms with Gasteiger partial charge in [0.25, 0.3) is 0 Å². The molecule has 0 radical (unpaired) electrons. The normalized spacial score (nSPS) is 10.8. The molecule has 0 aliphatic rings. The van der Waals surface area contributed by atoms with Crippen LogP contribution in [0.1, 0.15) is 22.6 Å². The van der Waals surface area contributed by atoms with Crippen LogP contribution < -0.4 is 5.32 Å². The number of anilines is 1. The largest absolute Gasteiger partial charge is 0.357 e. The number of nitrogens with zero attached hydrogens (tertiary/aromatic N) is 3. The summed E-state index contributed by atoms with van der Waals surface area (Å²) in [5, 5.41) is 10.7. The van der Waals surface area contributed by atoms with Crippen LogP contribution >= 0.6 is 11.3 Å². The Hall–Kier alpha value is -1.36. The highest BCUT2D eigenvalue weighted by atomic mass is 32.1. The smallest absolute Gasteiger partial charge is 0.183 e. The predicted molar refractivity (Wildman–Crippen MR) is 66.9 cm³/mol. The van der Waals surface area contributed by atoms with Crippen molar-refractivity contribution in [3.05, 3.63) is 28.0 Å². The molecule has 5 heteroatoms. The maximum Gasteiger partial charge on any atom is 0.183 e. The molecule has 0 bridgehead atoms. The lowest BCUT2D eigenvalue weighted by atomic mass is 10.2. The monoisotopic (exact) mass is 236 g/mol.